The van der Waals surface area contributed by atoms with Crippen molar-refractivity contribution >= 4 is 21.8 Å². The van der Waals surface area contributed by atoms with Crippen LogP contribution in [0.2, 0.25) is 0 Å². The van der Waals surface area contributed by atoms with Gasteiger partial charge in [0.15, 0.2) is 0 Å². The molecule has 3 N–H and O–H groups in total. The van der Waals surface area contributed by atoms with Crippen molar-refractivity contribution in [3.8, 4) is 11.4 Å². The third kappa shape index (κ3) is 5.16. The summed E-state index contributed by atoms with van der Waals surface area (Å²) in [5.74, 6) is 0.526. The minimum absolute atomic E-state index is 0.0640. The predicted molar refractivity (Wildman–Crippen MR) is 127 cm³/mol. The second-order valence-electron chi connectivity index (χ2n) is 9.18. The van der Waals surface area contributed by atoms with Crippen LogP contribution in [0.5, 0.6) is 0 Å². The Balaban J connectivity index is 1.47. The lowest BCUT2D eigenvalue weighted by atomic mass is 9.92. The standard InChI is InChI=1S/C22H31N7O3S/c1-22(2,30)17-6-5-13-29-19(14-24-20(17)29)18-11-12-23-21(26-18)25-15-7-9-16(10-8-15)27-33(31,32)28(3)4/h5-6,11-16,27,30H,7-10H2,1-4H3,(H,23,25,26)/t15-,16-. The molecule has 0 saturated heterocycles. The van der Waals surface area contributed by atoms with Crippen LogP contribution < -0.4 is 10.0 Å². The quantitative estimate of drug-likeness (QED) is 0.480. The molecule has 0 aliphatic heterocycles. The third-order valence-corrected chi connectivity index (χ3v) is 7.56. The van der Waals surface area contributed by atoms with Crippen LogP contribution in [0.4, 0.5) is 5.95 Å². The van der Waals surface area contributed by atoms with E-state index in [9.17, 15) is 13.5 Å². The second kappa shape index (κ2) is 8.98. The number of hydrogen-bond donors (Lipinski definition) is 3. The van der Waals surface area contributed by atoms with E-state index in [0.717, 1.165) is 42.6 Å². The van der Waals surface area contributed by atoms with Crippen molar-refractivity contribution in [1.29, 1.82) is 0 Å². The van der Waals surface area contributed by atoms with Crippen LogP contribution in [-0.4, -0.2) is 63.4 Å². The van der Waals surface area contributed by atoms with Gasteiger partial charge in [-0.2, -0.15) is 17.4 Å². The lowest BCUT2D eigenvalue weighted by Crippen LogP contribution is -2.44. The van der Waals surface area contributed by atoms with Crippen LogP contribution in [0.1, 0.15) is 45.1 Å². The largest absolute Gasteiger partial charge is 0.386 e. The van der Waals surface area contributed by atoms with Gasteiger partial charge in [0.05, 0.1) is 23.2 Å². The molecule has 1 saturated carbocycles. The highest BCUT2D eigenvalue weighted by Gasteiger charge is 2.26. The minimum Gasteiger partial charge on any atom is -0.386 e. The number of nitrogens with one attached hydrogen (secondary N) is 2. The molecule has 1 aliphatic rings. The molecule has 0 aromatic carbocycles. The van der Waals surface area contributed by atoms with Crippen molar-refractivity contribution < 1.29 is 13.5 Å². The highest BCUT2D eigenvalue weighted by atomic mass is 32.2. The van der Waals surface area contributed by atoms with Gasteiger partial charge in [-0.3, -0.25) is 4.40 Å². The monoisotopic (exact) mass is 473 g/mol. The summed E-state index contributed by atoms with van der Waals surface area (Å²) in [6.45, 7) is 3.48. The van der Waals surface area contributed by atoms with Gasteiger partial charge < -0.3 is 10.4 Å². The van der Waals surface area contributed by atoms with Crippen molar-refractivity contribution in [2.75, 3.05) is 19.4 Å². The maximum absolute atomic E-state index is 12.0. The summed E-state index contributed by atoms with van der Waals surface area (Å²) in [4.78, 5) is 13.6. The van der Waals surface area contributed by atoms with Gasteiger partial charge in [-0.05, 0) is 51.7 Å². The minimum atomic E-state index is -3.42. The fourth-order valence-electron chi connectivity index (χ4n) is 4.10. The maximum Gasteiger partial charge on any atom is 0.279 e. The summed E-state index contributed by atoms with van der Waals surface area (Å²) in [5.41, 5.74) is 1.95. The van der Waals surface area contributed by atoms with Gasteiger partial charge in [-0.15, -0.1) is 0 Å². The summed E-state index contributed by atoms with van der Waals surface area (Å²) >= 11 is 0. The van der Waals surface area contributed by atoms with Gasteiger partial charge in [0.25, 0.3) is 10.2 Å². The summed E-state index contributed by atoms with van der Waals surface area (Å²) in [6, 6.07) is 5.69. The van der Waals surface area contributed by atoms with E-state index >= 15 is 0 Å². The molecule has 10 nitrogen and oxygen atoms in total. The van der Waals surface area contributed by atoms with Crippen LogP contribution in [0.25, 0.3) is 17.0 Å². The average molecular weight is 474 g/mol. The molecule has 1 fully saturated rings. The first-order valence-corrected chi connectivity index (χ1v) is 12.5. The normalized spacial score (nSPS) is 19.8. The van der Waals surface area contributed by atoms with E-state index in [0.29, 0.717) is 11.6 Å². The molecule has 0 spiro atoms. The van der Waals surface area contributed by atoms with Crippen molar-refractivity contribution in [3.05, 3.63) is 42.4 Å². The van der Waals surface area contributed by atoms with E-state index in [-0.39, 0.29) is 12.1 Å². The fraction of sp³-hybridized carbons (Fsp3) is 0.500. The first-order valence-electron chi connectivity index (χ1n) is 11.0. The number of rotatable bonds is 7. The fourth-order valence-corrected chi connectivity index (χ4v) is 4.97. The van der Waals surface area contributed by atoms with Crippen molar-refractivity contribution in [2.45, 2.75) is 57.2 Å². The van der Waals surface area contributed by atoms with Gasteiger partial charge >= 0.3 is 0 Å². The smallest absolute Gasteiger partial charge is 0.279 e. The Kier molecular flexibility index (Phi) is 6.41. The zero-order valence-corrected chi connectivity index (χ0v) is 20.2. The molecule has 0 amide bonds. The third-order valence-electron chi connectivity index (χ3n) is 5.97. The summed E-state index contributed by atoms with van der Waals surface area (Å²) < 4.78 is 30.0. The molecule has 4 rings (SSSR count). The van der Waals surface area contributed by atoms with Crippen LogP contribution >= 0.6 is 0 Å². The molecule has 11 heteroatoms. The molecule has 1 aliphatic carbocycles. The van der Waals surface area contributed by atoms with Gasteiger partial charge in [0.2, 0.25) is 5.95 Å². The molecule has 0 bridgehead atoms. The first kappa shape index (κ1) is 23.6. The highest BCUT2D eigenvalue weighted by molar-refractivity contribution is 7.87. The number of nitrogens with zero attached hydrogens (tertiary/aromatic N) is 5. The molecular weight excluding hydrogens is 442 g/mol. The predicted octanol–water partition coefficient (Wildman–Crippen LogP) is 2.14. The molecule has 33 heavy (non-hydrogen) atoms. The van der Waals surface area contributed by atoms with E-state index in [1.165, 1.54) is 18.4 Å². The maximum atomic E-state index is 12.0. The van der Waals surface area contributed by atoms with E-state index in [4.69, 9.17) is 0 Å². The molecular formula is C22H31N7O3S. The Morgan fingerprint density at radius 3 is 2.48 bits per heavy atom. The van der Waals surface area contributed by atoms with E-state index in [2.05, 4.69) is 25.0 Å². The average Bonchev–Trinajstić information content (AvgIpc) is 3.18. The van der Waals surface area contributed by atoms with Crippen molar-refractivity contribution in [3.63, 3.8) is 0 Å². The van der Waals surface area contributed by atoms with Crippen molar-refractivity contribution in [1.82, 2.24) is 28.4 Å². The van der Waals surface area contributed by atoms with Crippen LogP contribution in [-0.2, 0) is 15.8 Å². The Morgan fingerprint density at radius 1 is 1.12 bits per heavy atom. The van der Waals surface area contributed by atoms with Crippen LogP contribution in [0.15, 0.2) is 36.8 Å². The van der Waals surface area contributed by atoms with E-state index < -0.39 is 15.8 Å². The molecule has 0 unspecified atom stereocenters. The van der Waals surface area contributed by atoms with Gasteiger partial charge in [-0.25, -0.2) is 15.0 Å². The summed E-state index contributed by atoms with van der Waals surface area (Å²) in [6.07, 6.45) is 8.49. The van der Waals surface area contributed by atoms with Gasteiger partial charge in [-0.1, -0.05) is 6.07 Å². The lowest BCUT2D eigenvalue weighted by molar-refractivity contribution is 0.0796. The SMILES string of the molecule is CN(C)S(=O)(=O)N[C@H]1CC[C@H](Nc2nccc(-c3cnc4c(C(C)(C)O)cccn34)n2)CC1. The van der Waals surface area contributed by atoms with Crippen molar-refractivity contribution in [2.24, 2.45) is 0 Å². The number of aliphatic hydroxyl groups is 1. The Morgan fingerprint density at radius 2 is 1.82 bits per heavy atom. The molecule has 0 radical (unpaired) electrons. The number of pyridine rings is 1. The second-order valence-corrected chi connectivity index (χ2v) is 11.1. The molecule has 3 heterocycles. The zero-order chi connectivity index (χ0) is 23.8. The van der Waals surface area contributed by atoms with Gasteiger partial charge in [0, 0.05) is 44.1 Å². The van der Waals surface area contributed by atoms with Crippen LogP contribution in [0, 0.1) is 0 Å². The summed E-state index contributed by atoms with van der Waals surface area (Å²) in [7, 11) is -0.375. The summed E-state index contributed by atoms with van der Waals surface area (Å²) in [5, 5.41) is 13.9. The Labute approximate surface area is 194 Å². The van der Waals surface area contributed by atoms with Crippen LogP contribution in [0.3, 0.4) is 0 Å². The number of hydrogen-bond acceptors (Lipinski definition) is 7. The molecule has 3 aromatic heterocycles. The van der Waals surface area contributed by atoms with E-state index in [1.807, 2.05) is 28.8 Å². The first-order chi connectivity index (χ1) is 15.5. The Bertz CT molecular complexity index is 1230. The number of fused-ring (bicyclic) bond motifs is 1. The van der Waals surface area contributed by atoms with Gasteiger partial charge in [0.1, 0.15) is 5.65 Å². The van der Waals surface area contributed by atoms with E-state index in [1.54, 1.807) is 26.2 Å². The molecule has 0 atom stereocenters. The zero-order valence-electron chi connectivity index (χ0n) is 19.4. The molecule has 178 valence electrons. The Hall–Kier alpha value is -2.60. The molecule has 3 aromatic rings. The topological polar surface area (TPSA) is 125 Å². The number of aromatic nitrogens is 4. The number of anilines is 1. The highest BCUT2D eigenvalue weighted by Crippen LogP contribution is 2.28. The lowest BCUT2D eigenvalue weighted by Gasteiger charge is -2.30. The number of imidazole rings is 1.